The molecule has 3 aromatic rings. The maximum absolute atomic E-state index is 13.2. The van der Waals surface area contributed by atoms with E-state index in [1.165, 1.54) is 10.5 Å². The standard InChI is InChI=1S/C26H23Cl2N3O3/c1-34-23-4-2-18-14-30(7-6-16(18)11-23)25(33)15-31-24(32)5-3-17-8-20(13-29-26(17)31)19-9-21(27)12-22(28)10-19/h2,4,8-13H,3,5-7,14-15H2,1H3. The molecule has 2 aliphatic heterocycles. The van der Waals surface area contributed by atoms with Crippen molar-refractivity contribution < 1.29 is 14.3 Å². The van der Waals surface area contributed by atoms with E-state index in [2.05, 4.69) is 4.98 Å². The number of benzene rings is 2. The van der Waals surface area contributed by atoms with Crippen molar-refractivity contribution in [2.75, 3.05) is 25.1 Å². The number of nitrogens with zero attached hydrogens (tertiary/aromatic N) is 3. The monoisotopic (exact) mass is 495 g/mol. The van der Waals surface area contributed by atoms with Crippen LogP contribution in [-0.2, 0) is 29.0 Å². The zero-order valence-electron chi connectivity index (χ0n) is 18.7. The number of hydrogen-bond donors (Lipinski definition) is 0. The third kappa shape index (κ3) is 4.48. The highest BCUT2D eigenvalue weighted by atomic mass is 35.5. The van der Waals surface area contributed by atoms with Crippen LogP contribution in [0.4, 0.5) is 5.82 Å². The molecule has 1 aromatic heterocycles. The summed E-state index contributed by atoms with van der Waals surface area (Å²) < 4.78 is 5.30. The number of fused-ring (bicyclic) bond motifs is 2. The number of aromatic nitrogens is 1. The van der Waals surface area contributed by atoms with E-state index in [1.807, 2.05) is 36.4 Å². The molecule has 8 heteroatoms. The molecule has 5 rings (SSSR count). The normalized spacial score (nSPS) is 15.1. The average molecular weight is 496 g/mol. The van der Waals surface area contributed by atoms with Gasteiger partial charge in [0.25, 0.3) is 0 Å². The molecule has 6 nitrogen and oxygen atoms in total. The van der Waals surface area contributed by atoms with Crippen LogP contribution in [0.2, 0.25) is 10.0 Å². The van der Waals surface area contributed by atoms with Gasteiger partial charge in [-0.25, -0.2) is 4.98 Å². The Balaban J connectivity index is 1.35. The Morgan fingerprint density at radius 1 is 0.971 bits per heavy atom. The van der Waals surface area contributed by atoms with Gasteiger partial charge in [-0.2, -0.15) is 0 Å². The Morgan fingerprint density at radius 3 is 2.53 bits per heavy atom. The van der Waals surface area contributed by atoms with E-state index >= 15 is 0 Å². The van der Waals surface area contributed by atoms with E-state index in [0.717, 1.165) is 34.4 Å². The SMILES string of the molecule is COc1ccc2c(c1)CCN(C(=O)CN1C(=O)CCc3cc(-c4cc(Cl)cc(Cl)c4)cnc31)C2. The molecule has 0 atom stereocenters. The van der Waals surface area contributed by atoms with Gasteiger partial charge in [-0.15, -0.1) is 0 Å². The van der Waals surface area contributed by atoms with Crippen molar-refractivity contribution in [1.82, 2.24) is 9.88 Å². The minimum atomic E-state index is -0.0888. The molecule has 3 heterocycles. The third-order valence-electron chi connectivity index (χ3n) is 6.38. The second-order valence-electron chi connectivity index (χ2n) is 8.54. The Hall–Kier alpha value is -3.09. The molecular formula is C26H23Cl2N3O3. The number of ether oxygens (including phenoxy) is 1. The van der Waals surface area contributed by atoms with Crippen molar-refractivity contribution >= 4 is 40.8 Å². The topological polar surface area (TPSA) is 62.7 Å². The van der Waals surface area contributed by atoms with Crippen molar-refractivity contribution in [3.63, 3.8) is 0 Å². The van der Waals surface area contributed by atoms with E-state index in [4.69, 9.17) is 27.9 Å². The van der Waals surface area contributed by atoms with Crippen molar-refractivity contribution in [3.8, 4) is 16.9 Å². The molecule has 0 saturated heterocycles. The highest BCUT2D eigenvalue weighted by Gasteiger charge is 2.30. The van der Waals surface area contributed by atoms with Gasteiger partial charge in [-0.3, -0.25) is 14.5 Å². The summed E-state index contributed by atoms with van der Waals surface area (Å²) in [6.45, 7) is 1.11. The summed E-state index contributed by atoms with van der Waals surface area (Å²) >= 11 is 12.3. The second kappa shape index (κ2) is 9.28. The molecule has 0 N–H and O–H groups in total. The summed E-state index contributed by atoms with van der Waals surface area (Å²) in [6.07, 6.45) is 3.37. The highest BCUT2D eigenvalue weighted by Crippen LogP contribution is 2.32. The lowest BCUT2D eigenvalue weighted by Crippen LogP contribution is -2.46. The van der Waals surface area contributed by atoms with Crippen molar-refractivity contribution in [1.29, 1.82) is 0 Å². The lowest BCUT2D eigenvalue weighted by molar-refractivity contribution is -0.132. The summed E-state index contributed by atoms with van der Waals surface area (Å²) in [7, 11) is 1.65. The van der Waals surface area contributed by atoms with Crippen molar-refractivity contribution in [2.45, 2.75) is 25.8 Å². The maximum atomic E-state index is 13.2. The summed E-state index contributed by atoms with van der Waals surface area (Å²) in [5.41, 5.74) is 4.95. The van der Waals surface area contributed by atoms with Gasteiger partial charge in [0, 0.05) is 41.3 Å². The number of anilines is 1. The zero-order valence-corrected chi connectivity index (χ0v) is 20.2. The van der Waals surface area contributed by atoms with Crippen molar-refractivity contribution in [2.24, 2.45) is 0 Å². The van der Waals surface area contributed by atoms with Gasteiger partial charge in [-0.1, -0.05) is 29.3 Å². The van der Waals surface area contributed by atoms with Gasteiger partial charge in [0.05, 0.1) is 7.11 Å². The minimum Gasteiger partial charge on any atom is -0.497 e. The van der Waals surface area contributed by atoms with E-state index in [1.54, 1.807) is 24.3 Å². The van der Waals surface area contributed by atoms with Crippen molar-refractivity contribution in [3.05, 3.63) is 75.4 Å². The Morgan fingerprint density at radius 2 is 1.76 bits per heavy atom. The Kier molecular flexibility index (Phi) is 6.19. The summed E-state index contributed by atoms with van der Waals surface area (Å²) in [5, 5.41) is 1.09. The average Bonchev–Trinajstić information content (AvgIpc) is 2.84. The summed E-state index contributed by atoms with van der Waals surface area (Å²) in [4.78, 5) is 33.8. The molecule has 174 valence electrons. The zero-order chi connectivity index (χ0) is 23.8. The molecule has 0 aliphatic carbocycles. The molecule has 0 bridgehead atoms. The van der Waals surface area contributed by atoms with Crippen LogP contribution in [0.3, 0.4) is 0 Å². The van der Waals surface area contributed by atoms with E-state index in [0.29, 0.717) is 41.8 Å². The van der Waals surface area contributed by atoms with E-state index < -0.39 is 0 Å². The highest BCUT2D eigenvalue weighted by molar-refractivity contribution is 6.35. The first-order chi connectivity index (χ1) is 16.4. The molecular weight excluding hydrogens is 473 g/mol. The molecule has 0 fully saturated rings. The third-order valence-corrected chi connectivity index (χ3v) is 6.81. The summed E-state index contributed by atoms with van der Waals surface area (Å²) in [5.74, 6) is 1.19. The first-order valence-electron chi connectivity index (χ1n) is 11.1. The smallest absolute Gasteiger partial charge is 0.243 e. The fourth-order valence-corrected chi connectivity index (χ4v) is 5.10. The van der Waals surface area contributed by atoms with E-state index in [-0.39, 0.29) is 18.4 Å². The largest absolute Gasteiger partial charge is 0.497 e. The van der Waals surface area contributed by atoms with Crippen LogP contribution >= 0.6 is 23.2 Å². The number of rotatable bonds is 4. The molecule has 0 unspecified atom stereocenters. The van der Waals surface area contributed by atoms with Gasteiger partial charge in [0.15, 0.2) is 0 Å². The van der Waals surface area contributed by atoms with Gasteiger partial charge in [0.2, 0.25) is 11.8 Å². The van der Waals surface area contributed by atoms with Gasteiger partial charge in [-0.05, 0) is 71.5 Å². The Bertz CT molecular complexity index is 1270. The molecule has 2 amide bonds. The Labute approximate surface area is 208 Å². The molecule has 0 saturated carbocycles. The first-order valence-corrected chi connectivity index (χ1v) is 11.9. The lowest BCUT2D eigenvalue weighted by Gasteiger charge is -2.33. The lowest BCUT2D eigenvalue weighted by atomic mass is 9.98. The number of methoxy groups -OCH3 is 1. The number of carbonyl (C=O) groups is 2. The second-order valence-corrected chi connectivity index (χ2v) is 9.42. The molecule has 34 heavy (non-hydrogen) atoms. The molecule has 0 radical (unpaired) electrons. The fourth-order valence-electron chi connectivity index (χ4n) is 4.57. The van der Waals surface area contributed by atoms with Gasteiger partial charge in [0.1, 0.15) is 18.1 Å². The van der Waals surface area contributed by atoms with Crippen LogP contribution in [0.15, 0.2) is 48.7 Å². The van der Waals surface area contributed by atoms with E-state index in [9.17, 15) is 9.59 Å². The molecule has 0 spiro atoms. The quantitative estimate of drug-likeness (QED) is 0.514. The minimum absolute atomic E-state index is 0.0212. The van der Waals surface area contributed by atoms with Gasteiger partial charge >= 0.3 is 0 Å². The van der Waals surface area contributed by atoms with Crippen LogP contribution in [0, 0.1) is 0 Å². The number of aryl methyl sites for hydroxylation is 1. The number of hydrogen-bond acceptors (Lipinski definition) is 4. The van der Waals surface area contributed by atoms with Crippen LogP contribution in [0.5, 0.6) is 5.75 Å². The van der Waals surface area contributed by atoms with Gasteiger partial charge < -0.3 is 9.64 Å². The van der Waals surface area contributed by atoms with Crippen LogP contribution < -0.4 is 9.64 Å². The maximum Gasteiger partial charge on any atom is 0.243 e. The molecule has 2 aromatic carbocycles. The number of pyridine rings is 1. The first kappa shape index (κ1) is 22.7. The number of carbonyl (C=O) groups excluding carboxylic acids is 2. The molecule has 2 aliphatic rings. The summed E-state index contributed by atoms with van der Waals surface area (Å²) in [6, 6.07) is 13.3. The number of halogens is 2. The van der Waals surface area contributed by atoms with Crippen LogP contribution in [0.1, 0.15) is 23.1 Å². The predicted octanol–water partition coefficient (Wildman–Crippen LogP) is 4.93. The fraction of sp³-hybridized carbons (Fsp3) is 0.269. The number of amides is 2. The van der Waals surface area contributed by atoms with Crippen LogP contribution in [0.25, 0.3) is 11.1 Å². The van der Waals surface area contributed by atoms with Crippen LogP contribution in [-0.4, -0.2) is 41.9 Å². The predicted molar refractivity (Wildman–Crippen MR) is 132 cm³/mol.